The molecular formula is C41H59FN4O11S. The van der Waals surface area contributed by atoms with Crippen LogP contribution in [0.25, 0.3) is 0 Å². The highest BCUT2D eigenvalue weighted by atomic mass is 32.2. The number of esters is 1. The molecule has 0 radical (unpaired) electrons. The Bertz CT molecular complexity index is 1900. The summed E-state index contributed by atoms with van der Waals surface area (Å²) in [5, 5.41) is 0. The standard InChI is InChI=1S/C41H59FN4O11S/c1-13-21-53-36(48)43-58(51,52)45(25-33(47)55-39(4,5)6)35-32(54-26-28-17-15-14-16-18-28)23-31-30(34(35)42)22-29(46(31)38(50)57-41(10,11)12)24-44(20-19-27(2)3)37(49)56-40(7,8)9/h13-18,23,27,29H,1,19-22,24-26H2,2-12H3,(H,43,48)/t29-/m1/s1. The zero-order valence-electron chi connectivity index (χ0n) is 35.5. The molecule has 0 saturated carbocycles. The van der Waals surface area contributed by atoms with Crippen LogP contribution in [0.3, 0.4) is 0 Å². The molecule has 0 aliphatic carbocycles. The lowest BCUT2D eigenvalue weighted by molar-refractivity contribution is -0.152. The molecule has 1 aliphatic heterocycles. The summed E-state index contributed by atoms with van der Waals surface area (Å²) in [6.07, 6.45) is -1.38. The van der Waals surface area contributed by atoms with Crippen LogP contribution in [0.15, 0.2) is 49.1 Å². The molecule has 3 amide bonds. The monoisotopic (exact) mass is 834 g/mol. The van der Waals surface area contributed by atoms with E-state index in [9.17, 15) is 27.6 Å². The fraction of sp³-hybridized carbons (Fsp3) is 0.561. The molecule has 0 spiro atoms. The van der Waals surface area contributed by atoms with Crippen molar-refractivity contribution < 1.29 is 55.7 Å². The van der Waals surface area contributed by atoms with Crippen LogP contribution in [0.4, 0.5) is 30.1 Å². The fourth-order valence-corrected chi connectivity index (χ4v) is 6.78. The summed E-state index contributed by atoms with van der Waals surface area (Å²) >= 11 is 0. The van der Waals surface area contributed by atoms with Gasteiger partial charge in [0.1, 0.15) is 48.0 Å². The minimum absolute atomic E-state index is 0.0236. The van der Waals surface area contributed by atoms with Gasteiger partial charge in [-0.25, -0.2) is 27.8 Å². The fourth-order valence-electron chi connectivity index (χ4n) is 5.71. The second-order valence-electron chi connectivity index (χ2n) is 17.2. The van der Waals surface area contributed by atoms with E-state index in [1.807, 2.05) is 13.8 Å². The summed E-state index contributed by atoms with van der Waals surface area (Å²) in [4.78, 5) is 56.3. The molecule has 15 nitrogen and oxygen atoms in total. The quantitative estimate of drug-likeness (QED) is 0.106. The lowest BCUT2D eigenvalue weighted by Gasteiger charge is -2.34. The van der Waals surface area contributed by atoms with Crippen LogP contribution < -0.4 is 18.7 Å². The van der Waals surface area contributed by atoms with E-state index < -0.39 is 81.1 Å². The maximum absolute atomic E-state index is 17.6. The molecule has 0 saturated heterocycles. The molecule has 0 aromatic heterocycles. The molecule has 0 bridgehead atoms. The Kier molecular flexibility index (Phi) is 15.6. The maximum Gasteiger partial charge on any atom is 0.422 e. The van der Waals surface area contributed by atoms with Crippen molar-refractivity contribution in [2.45, 2.75) is 118 Å². The lowest BCUT2D eigenvalue weighted by Crippen LogP contribution is -2.49. The zero-order chi connectivity index (χ0) is 43.8. The first-order valence-electron chi connectivity index (χ1n) is 19.0. The number of carbonyl (C=O) groups is 4. The van der Waals surface area contributed by atoms with Crippen LogP contribution in [-0.2, 0) is 47.0 Å². The highest BCUT2D eigenvalue weighted by Gasteiger charge is 2.44. The average molecular weight is 835 g/mol. The van der Waals surface area contributed by atoms with Crippen molar-refractivity contribution in [1.29, 1.82) is 0 Å². The van der Waals surface area contributed by atoms with Crippen molar-refractivity contribution in [3.63, 3.8) is 0 Å². The topological polar surface area (TPSA) is 170 Å². The maximum atomic E-state index is 17.6. The molecular weight excluding hydrogens is 776 g/mol. The number of fused-ring (bicyclic) bond motifs is 1. The minimum Gasteiger partial charge on any atom is -0.487 e. The molecule has 3 rings (SSSR count). The number of carbonyl (C=O) groups excluding carboxylic acids is 4. The van der Waals surface area contributed by atoms with E-state index in [1.54, 1.807) is 97.4 Å². The Labute approximate surface area is 341 Å². The van der Waals surface area contributed by atoms with Gasteiger partial charge >= 0.3 is 34.5 Å². The Morgan fingerprint density at radius 3 is 2.12 bits per heavy atom. The van der Waals surface area contributed by atoms with Crippen LogP contribution in [-0.4, -0.2) is 86.7 Å². The first-order valence-corrected chi connectivity index (χ1v) is 20.5. The van der Waals surface area contributed by atoms with Crippen LogP contribution in [0, 0.1) is 11.7 Å². The number of benzene rings is 2. The molecule has 1 heterocycles. The van der Waals surface area contributed by atoms with E-state index in [0.29, 0.717) is 16.3 Å². The van der Waals surface area contributed by atoms with Crippen LogP contribution in [0.5, 0.6) is 5.75 Å². The molecule has 1 atom stereocenters. The SMILES string of the molecule is C=CCOC(=O)NS(=O)(=O)N(CC(=O)OC(C)(C)C)c1c(OCc2ccccc2)cc2c(c1F)C[C@H](CN(CCC(C)C)C(=O)OC(C)(C)C)N2C(=O)OC(C)(C)C. The molecule has 0 fully saturated rings. The van der Waals surface area contributed by atoms with Gasteiger partial charge in [-0.15, -0.1) is 0 Å². The average Bonchev–Trinajstić information content (AvgIpc) is 3.43. The third kappa shape index (κ3) is 14.1. The van der Waals surface area contributed by atoms with Crippen LogP contribution >= 0.6 is 0 Å². The Morgan fingerprint density at radius 2 is 1.57 bits per heavy atom. The number of nitrogens with one attached hydrogen (secondary N) is 1. The predicted molar refractivity (Wildman–Crippen MR) is 217 cm³/mol. The first-order chi connectivity index (χ1) is 26.7. The minimum atomic E-state index is -5.15. The summed E-state index contributed by atoms with van der Waals surface area (Å²) in [5.41, 5.74) is -3.24. The number of rotatable bonds is 15. The summed E-state index contributed by atoms with van der Waals surface area (Å²) in [5.74, 6) is -2.49. The van der Waals surface area contributed by atoms with E-state index in [2.05, 4.69) is 6.58 Å². The van der Waals surface area contributed by atoms with Gasteiger partial charge in [0.15, 0.2) is 5.82 Å². The number of anilines is 2. The van der Waals surface area contributed by atoms with Gasteiger partial charge in [-0.05, 0) is 80.2 Å². The van der Waals surface area contributed by atoms with Gasteiger partial charge in [-0.1, -0.05) is 56.8 Å². The van der Waals surface area contributed by atoms with E-state index >= 15 is 4.39 Å². The molecule has 58 heavy (non-hydrogen) atoms. The van der Waals surface area contributed by atoms with Crippen molar-refractivity contribution in [3.05, 3.63) is 66.0 Å². The number of nitrogens with zero attached hydrogens (tertiary/aromatic N) is 3. The number of hydrogen-bond donors (Lipinski definition) is 1. The number of hydrogen-bond acceptors (Lipinski definition) is 11. The summed E-state index contributed by atoms with van der Waals surface area (Å²) in [6.45, 7) is 20.7. The lowest BCUT2D eigenvalue weighted by atomic mass is 10.1. The second-order valence-corrected chi connectivity index (χ2v) is 18.8. The number of halogens is 1. The van der Waals surface area contributed by atoms with Crippen molar-refractivity contribution in [2.75, 3.05) is 35.4 Å². The van der Waals surface area contributed by atoms with Gasteiger partial charge in [0.25, 0.3) is 0 Å². The molecule has 1 N–H and O–H groups in total. The zero-order valence-corrected chi connectivity index (χ0v) is 36.3. The van der Waals surface area contributed by atoms with Gasteiger partial charge in [0.2, 0.25) is 0 Å². The summed E-state index contributed by atoms with van der Waals surface area (Å²) < 4.78 is 75.7. The number of amides is 3. The normalized spacial score (nSPS) is 14.3. The third-order valence-electron chi connectivity index (χ3n) is 8.01. The van der Waals surface area contributed by atoms with Crippen LogP contribution in [0.2, 0.25) is 0 Å². The van der Waals surface area contributed by atoms with Gasteiger partial charge in [0, 0.05) is 31.1 Å². The van der Waals surface area contributed by atoms with E-state index in [-0.39, 0.29) is 49.9 Å². The Hall–Kier alpha value is -5.06. The van der Waals surface area contributed by atoms with E-state index in [1.165, 1.54) is 21.9 Å². The van der Waals surface area contributed by atoms with Crippen molar-refractivity contribution >= 4 is 45.8 Å². The Morgan fingerprint density at radius 1 is 0.966 bits per heavy atom. The molecule has 2 aromatic rings. The highest BCUT2D eigenvalue weighted by Crippen LogP contribution is 2.46. The second kappa shape index (κ2) is 19.1. The molecule has 322 valence electrons. The molecule has 0 unspecified atom stereocenters. The molecule has 17 heteroatoms. The molecule has 1 aliphatic rings. The van der Waals surface area contributed by atoms with Crippen molar-refractivity contribution in [3.8, 4) is 5.75 Å². The summed E-state index contributed by atoms with van der Waals surface area (Å²) in [6, 6.07) is 9.04. The van der Waals surface area contributed by atoms with E-state index in [0.717, 1.165) is 0 Å². The third-order valence-corrected chi connectivity index (χ3v) is 9.33. The smallest absolute Gasteiger partial charge is 0.422 e. The van der Waals surface area contributed by atoms with E-state index in [4.69, 9.17) is 23.7 Å². The highest BCUT2D eigenvalue weighted by molar-refractivity contribution is 7.91. The van der Waals surface area contributed by atoms with Gasteiger partial charge in [-0.3, -0.25) is 9.69 Å². The van der Waals surface area contributed by atoms with Gasteiger partial charge < -0.3 is 28.6 Å². The first kappa shape index (κ1) is 47.3. The largest absolute Gasteiger partial charge is 0.487 e. The van der Waals surface area contributed by atoms with Gasteiger partial charge in [-0.2, -0.15) is 8.42 Å². The van der Waals surface area contributed by atoms with Gasteiger partial charge in [0.05, 0.1) is 11.7 Å². The predicted octanol–water partition coefficient (Wildman–Crippen LogP) is 7.66. The van der Waals surface area contributed by atoms with Crippen molar-refractivity contribution in [2.24, 2.45) is 5.92 Å². The number of ether oxygens (including phenoxy) is 5. The molecule has 2 aromatic carbocycles. The Balaban J connectivity index is 2.33. The summed E-state index contributed by atoms with van der Waals surface area (Å²) in [7, 11) is -5.15. The van der Waals surface area contributed by atoms with Crippen LogP contribution in [0.1, 0.15) is 93.7 Å². The van der Waals surface area contributed by atoms with Crippen molar-refractivity contribution in [1.82, 2.24) is 9.62 Å².